The molecule has 2 atom stereocenters. The minimum atomic E-state index is -0.281. The standard InChI is InChI=1S/C13H27NO2/c1-4-7-8-11(5-2)13(16)14-10-9-12(15)6-3/h11-12,15H,4-10H2,1-3H3,(H,14,16). The van der Waals surface area contributed by atoms with Crippen molar-refractivity contribution in [3.63, 3.8) is 0 Å². The van der Waals surface area contributed by atoms with Crippen LogP contribution in [0.15, 0.2) is 0 Å². The maximum atomic E-state index is 11.8. The van der Waals surface area contributed by atoms with E-state index in [9.17, 15) is 9.90 Å². The lowest BCUT2D eigenvalue weighted by atomic mass is 9.98. The lowest BCUT2D eigenvalue weighted by Gasteiger charge is -2.15. The van der Waals surface area contributed by atoms with Gasteiger partial charge in [-0.05, 0) is 25.7 Å². The van der Waals surface area contributed by atoms with Crippen molar-refractivity contribution in [1.82, 2.24) is 5.32 Å². The molecule has 0 aromatic heterocycles. The number of amides is 1. The van der Waals surface area contributed by atoms with Crippen molar-refractivity contribution in [3.05, 3.63) is 0 Å². The van der Waals surface area contributed by atoms with Crippen LogP contribution in [0.5, 0.6) is 0 Å². The molecule has 3 nitrogen and oxygen atoms in total. The molecule has 0 aliphatic carbocycles. The summed E-state index contributed by atoms with van der Waals surface area (Å²) < 4.78 is 0. The van der Waals surface area contributed by atoms with Crippen LogP contribution in [0.25, 0.3) is 0 Å². The Labute approximate surface area is 99.6 Å². The van der Waals surface area contributed by atoms with Gasteiger partial charge in [-0.15, -0.1) is 0 Å². The fourth-order valence-corrected chi connectivity index (χ4v) is 1.68. The van der Waals surface area contributed by atoms with E-state index >= 15 is 0 Å². The van der Waals surface area contributed by atoms with Crippen molar-refractivity contribution in [2.75, 3.05) is 6.54 Å². The molecular weight excluding hydrogens is 202 g/mol. The number of rotatable bonds is 9. The normalized spacial score (nSPS) is 14.5. The maximum Gasteiger partial charge on any atom is 0.223 e. The topological polar surface area (TPSA) is 49.3 Å². The lowest BCUT2D eigenvalue weighted by molar-refractivity contribution is -0.125. The first kappa shape index (κ1) is 15.4. The fourth-order valence-electron chi connectivity index (χ4n) is 1.68. The van der Waals surface area contributed by atoms with E-state index in [1.165, 1.54) is 0 Å². The number of aliphatic hydroxyl groups excluding tert-OH is 1. The van der Waals surface area contributed by atoms with Crippen LogP contribution in [-0.2, 0) is 4.79 Å². The summed E-state index contributed by atoms with van der Waals surface area (Å²) in [5, 5.41) is 12.3. The fraction of sp³-hybridized carbons (Fsp3) is 0.923. The molecule has 1 amide bonds. The zero-order chi connectivity index (χ0) is 12.4. The molecule has 0 saturated heterocycles. The van der Waals surface area contributed by atoms with Gasteiger partial charge < -0.3 is 10.4 Å². The molecule has 16 heavy (non-hydrogen) atoms. The van der Waals surface area contributed by atoms with Crippen molar-refractivity contribution < 1.29 is 9.90 Å². The highest BCUT2D eigenvalue weighted by molar-refractivity contribution is 5.78. The number of carbonyl (C=O) groups is 1. The molecular formula is C13H27NO2. The smallest absolute Gasteiger partial charge is 0.223 e. The Balaban J connectivity index is 3.74. The zero-order valence-electron chi connectivity index (χ0n) is 11.0. The summed E-state index contributed by atoms with van der Waals surface area (Å²) in [5.74, 6) is 0.304. The number of aliphatic hydroxyl groups is 1. The van der Waals surface area contributed by atoms with E-state index in [0.29, 0.717) is 13.0 Å². The Morgan fingerprint density at radius 1 is 1.19 bits per heavy atom. The third-order valence-corrected chi connectivity index (χ3v) is 3.02. The van der Waals surface area contributed by atoms with Crippen molar-refractivity contribution in [2.45, 2.75) is 65.4 Å². The summed E-state index contributed by atoms with van der Waals surface area (Å²) in [6, 6.07) is 0. The highest BCUT2D eigenvalue weighted by atomic mass is 16.3. The average molecular weight is 229 g/mol. The third-order valence-electron chi connectivity index (χ3n) is 3.02. The largest absolute Gasteiger partial charge is 0.393 e. The number of unbranched alkanes of at least 4 members (excludes halogenated alkanes) is 1. The quantitative estimate of drug-likeness (QED) is 0.638. The van der Waals surface area contributed by atoms with Crippen LogP contribution in [-0.4, -0.2) is 23.7 Å². The van der Waals surface area contributed by atoms with Crippen LogP contribution in [0.1, 0.15) is 59.3 Å². The van der Waals surface area contributed by atoms with Gasteiger partial charge in [-0.25, -0.2) is 0 Å². The van der Waals surface area contributed by atoms with E-state index in [4.69, 9.17) is 0 Å². The van der Waals surface area contributed by atoms with Gasteiger partial charge in [-0.2, -0.15) is 0 Å². The highest BCUT2D eigenvalue weighted by Crippen LogP contribution is 2.12. The molecule has 0 aromatic carbocycles. The van der Waals surface area contributed by atoms with Gasteiger partial charge in [0.1, 0.15) is 0 Å². The van der Waals surface area contributed by atoms with E-state index in [2.05, 4.69) is 19.2 Å². The summed E-state index contributed by atoms with van der Waals surface area (Å²) in [7, 11) is 0. The van der Waals surface area contributed by atoms with Crippen molar-refractivity contribution in [1.29, 1.82) is 0 Å². The van der Waals surface area contributed by atoms with Crippen molar-refractivity contribution >= 4 is 5.91 Å². The molecule has 0 radical (unpaired) electrons. The van der Waals surface area contributed by atoms with Crippen LogP contribution in [0, 0.1) is 5.92 Å². The first-order valence-electron chi connectivity index (χ1n) is 6.61. The van der Waals surface area contributed by atoms with Gasteiger partial charge in [-0.3, -0.25) is 4.79 Å². The second-order valence-electron chi connectivity index (χ2n) is 4.39. The Hall–Kier alpha value is -0.570. The second kappa shape index (κ2) is 9.64. The minimum absolute atomic E-state index is 0.152. The zero-order valence-corrected chi connectivity index (χ0v) is 11.0. The molecule has 0 aliphatic rings. The SMILES string of the molecule is CCCCC(CC)C(=O)NCCC(O)CC. The predicted octanol–water partition coefficient (Wildman–Crippen LogP) is 2.48. The van der Waals surface area contributed by atoms with Crippen molar-refractivity contribution in [2.24, 2.45) is 5.92 Å². The first-order valence-corrected chi connectivity index (χ1v) is 6.61. The molecule has 0 bridgehead atoms. The first-order chi connectivity index (χ1) is 7.65. The number of carbonyl (C=O) groups excluding carboxylic acids is 1. The maximum absolute atomic E-state index is 11.8. The Kier molecular flexibility index (Phi) is 9.30. The van der Waals surface area contributed by atoms with Crippen LogP contribution >= 0.6 is 0 Å². The highest BCUT2D eigenvalue weighted by Gasteiger charge is 2.15. The average Bonchev–Trinajstić information content (AvgIpc) is 2.29. The minimum Gasteiger partial charge on any atom is -0.393 e. The molecule has 2 N–H and O–H groups in total. The molecule has 96 valence electrons. The summed E-state index contributed by atoms with van der Waals surface area (Å²) in [6.07, 6.45) is 5.27. The summed E-state index contributed by atoms with van der Waals surface area (Å²) >= 11 is 0. The molecule has 0 heterocycles. The molecule has 3 heteroatoms. The van der Waals surface area contributed by atoms with Crippen molar-refractivity contribution in [3.8, 4) is 0 Å². The van der Waals surface area contributed by atoms with E-state index in [1.807, 2.05) is 6.92 Å². The second-order valence-corrected chi connectivity index (χ2v) is 4.39. The van der Waals surface area contributed by atoms with Gasteiger partial charge >= 0.3 is 0 Å². The summed E-state index contributed by atoms with van der Waals surface area (Å²) in [4.78, 5) is 11.8. The van der Waals surface area contributed by atoms with Gasteiger partial charge in [0.2, 0.25) is 5.91 Å². The molecule has 0 spiro atoms. The van der Waals surface area contributed by atoms with Gasteiger partial charge in [0.05, 0.1) is 6.10 Å². The number of nitrogens with one attached hydrogen (secondary N) is 1. The van der Waals surface area contributed by atoms with Crippen LogP contribution in [0.4, 0.5) is 0 Å². The molecule has 0 aliphatic heterocycles. The third kappa shape index (κ3) is 6.83. The summed E-state index contributed by atoms with van der Waals surface area (Å²) in [6.45, 7) is 6.74. The molecule has 0 rings (SSSR count). The van der Waals surface area contributed by atoms with Gasteiger partial charge in [0.15, 0.2) is 0 Å². The van der Waals surface area contributed by atoms with Crippen LogP contribution < -0.4 is 5.32 Å². The number of hydrogen-bond acceptors (Lipinski definition) is 2. The van der Waals surface area contributed by atoms with E-state index in [-0.39, 0.29) is 17.9 Å². The van der Waals surface area contributed by atoms with Crippen LogP contribution in [0.2, 0.25) is 0 Å². The Morgan fingerprint density at radius 3 is 2.38 bits per heavy atom. The van der Waals surface area contributed by atoms with E-state index in [1.54, 1.807) is 0 Å². The lowest BCUT2D eigenvalue weighted by Crippen LogP contribution is -2.32. The van der Waals surface area contributed by atoms with E-state index in [0.717, 1.165) is 32.1 Å². The molecule has 0 saturated carbocycles. The van der Waals surface area contributed by atoms with Gasteiger partial charge in [0, 0.05) is 12.5 Å². The van der Waals surface area contributed by atoms with Gasteiger partial charge in [0.25, 0.3) is 0 Å². The number of hydrogen-bond donors (Lipinski definition) is 2. The molecule has 0 aromatic rings. The predicted molar refractivity (Wildman–Crippen MR) is 67.2 cm³/mol. The Bertz CT molecular complexity index is 183. The molecule has 0 fully saturated rings. The van der Waals surface area contributed by atoms with Crippen LogP contribution in [0.3, 0.4) is 0 Å². The monoisotopic (exact) mass is 229 g/mol. The summed E-state index contributed by atoms with van der Waals surface area (Å²) in [5.41, 5.74) is 0. The van der Waals surface area contributed by atoms with E-state index < -0.39 is 0 Å². The Morgan fingerprint density at radius 2 is 1.88 bits per heavy atom. The van der Waals surface area contributed by atoms with Gasteiger partial charge in [-0.1, -0.05) is 33.6 Å². The molecule has 2 unspecified atom stereocenters.